The van der Waals surface area contributed by atoms with Gasteiger partial charge in [-0.1, -0.05) is 0 Å². The zero-order valence-corrected chi connectivity index (χ0v) is 7.02. The Balaban J connectivity index is 2.99. The minimum absolute atomic E-state index is 0.105. The Kier molecular flexibility index (Phi) is 2.93. The number of aliphatic hydroxyl groups excluding tert-OH is 1. The summed E-state index contributed by atoms with van der Waals surface area (Å²) in [4.78, 5) is 0. The molecule has 0 amide bonds. The van der Waals surface area contributed by atoms with Gasteiger partial charge in [0.05, 0.1) is 6.10 Å². The van der Waals surface area contributed by atoms with Crippen molar-refractivity contribution in [3.05, 3.63) is 35.1 Å². The number of rotatable bonds is 2. The smallest absolute Gasteiger partial charge is 0.194 e. The first-order chi connectivity index (χ1) is 6.00. The first kappa shape index (κ1) is 10.1. The summed E-state index contributed by atoms with van der Waals surface area (Å²) in [6.45, 7) is 1.49. The molecule has 0 fully saturated rings. The van der Waals surface area contributed by atoms with Gasteiger partial charge in [0, 0.05) is 0 Å². The summed E-state index contributed by atoms with van der Waals surface area (Å²) in [6, 6.07) is 1.76. The van der Waals surface area contributed by atoms with E-state index in [-0.39, 0.29) is 12.0 Å². The second-order valence-electron chi connectivity index (χ2n) is 2.93. The van der Waals surface area contributed by atoms with Crippen LogP contribution in [-0.4, -0.2) is 11.2 Å². The Morgan fingerprint density at radius 1 is 1.23 bits per heavy atom. The third-order valence-corrected chi connectivity index (χ3v) is 1.57. The van der Waals surface area contributed by atoms with E-state index in [4.69, 9.17) is 5.11 Å². The highest BCUT2D eigenvalue weighted by Gasteiger charge is 2.11. The fourth-order valence-electron chi connectivity index (χ4n) is 1.07. The summed E-state index contributed by atoms with van der Waals surface area (Å²) >= 11 is 0. The number of halogens is 3. The van der Waals surface area contributed by atoms with Crippen LogP contribution >= 0.6 is 0 Å². The summed E-state index contributed by atoms with van der Waals surface area (Å²) < 4.78 is 37.6. The van der Waals surface area contributed by atoms with Gasteiger partial charge in [-0.25, -0.2) is 13.2 Å². The minimum atomic E-state index is -1.48. The van der Waals surface area contributed by atoms with E-state index in [9.17, 15) is 13.2 Å². The molecule has 72 valence electrons. The van der Waals surface area contributed by atoms with Gasteiger partial charge in [-0.15, -0.1) is 0 Å². The molecule has 0 radical (unpaired) electrons. The molecule has 1 N–H and O–H groups in total. The lowest BCUT2D eigenvalue weighted by atomic mass is 10.1. The molecule has 1 aromatic carbocycles. The summed E-state index contributed by atoms with van der Waals surface area (Å²) in [6.07, 6.45) is -0.599. The van der Waals surface area contributed by atoms with Crippen LogP contribution in [0.25, 0.3) is 0 Å². The van der Waals surface area contributed by atoms with Gasteiger partial charge in [0.25, 0.3) is 0 Å². The predicted octanol–water partition coefficient (Wildman–Crippen LogP) is 2.03. The Hall–Kier alpha value is -1.03. The average molecular weight is 190 g/mol. The Bertz CT molecular complexity index is 287. The molecular formula is C9H9F3O. The fraction of sp³-hybridized carbons (Fsp3) is 0.333. The maximum Gasteiger partial charge on any atom is 0.194 e. The molecule has 0 heterocycles. The molecule has 0 saturated carbocycles. The van der Waals surface area contributed by atoms with Crippen molar-refractivity contribution in [3.63, 3.8) is 0 Å². The highest BCUT2D eigenvalue weighted by atomic mass is 19.2. The van der Waals surface area contributed by atoms with Crippen LogP contribution in [0.3, 0.4) is 0 Å². The van der Waals surface area contributed by atoms with Crippen LogP contribution in [0.2, 0.25) is 0 Å². The quantitative estimate of drug-likeness (QED) is 0.707. The molecule has 0 aliphatic rings. The van der Waals surface area contributed by atoms with E-state index in [1.54, 1.807) is 0 Å². The maximum atomic E-state index is 12.6. The lowest BCUT2D eigenvalue weighted by Crippen LogP contribution is -2.05. The number of aliphatic hydroxyl groups is 1. The van der Waals surface area contributed by atoms with Crippen molar-refractivity contribution in [2.75, 3.05) is 0 Å². The van der Waals surface area contributed by atoms with E-state index < -0.39 is 23.6 Å². The maximum absolute atomic E-state index is 12.6. The van der Waals surface area contributed by atoms with Gasteiger partial charge in [-0.2, -0.15) is 0 Å². The van der Waals surface area contributed by atoms with Crippen molar-refractivity contribution in [1.82, 2.24) is 0 Å². The van der Waals surface area contributed by atoms with Crippen molar-refractivity contribution in [1.29, 1.82) is 0 Å². The largest absolute Gasteiger partial charge is 0.393 e. The zero-order valence-electron chi connectivity index (χ0n) is 7.02. The second-order valence-corrected chi connectivity index (χ2v) is 2.93. The fourth-order valence-corrected chi connectivity index (χ4v) is 1.07. The first-order valence-corrected chi connectivity index (χ1v) is 3.82. The van der Waals surface area contributed by atoms with E-state index in [2.05, 4.69) is 0 Å². The van der Waals surface area contributed by atoms with Crippen molar-refractivity contribution in [3.8, 4) is 0 Å². The van der Waals surface area contributed by atoms with Gasteiger partial charge in [0.1, 0.15) is 0 Å². The molecular weight excluding hydrogens is 181 g/mol. The predicted molar refractivity (Wildman–Crippen MR) is 41.7 cm³/mol. The van der Waals surface area contributed by atoms with E-state index in [1.165, 1.54) is 6.92 Å². The topological polar surface area (TPSA) is 20.2 Å². The van der Waals surface area contributed by atoms with Crippen molar-refractivity contribution in [2.45, 2.75) is 19.4 Å². The van der Waals surface area contributed by atoms with Gasteiger partial charge in [0.2, 0.25) is 0 Å². The van der Waals surface area contributed by atoms with Crippen LogP contribution in [0.1, 0.15) is 12.5 Å². The Morgan fingerprint density at radius 3 is 2.08 bits per heavy atom. The summed E-state index contributed by atoms with van der Waals surface area (Å²) in [5.74, 6) is -3.93. The van der Waals surface area contributed by atoms with Crippen molar-refractivity contribution < 1.29 is 18.3 Å². The van der Waals surface area contributed by atoms with Crippen LogP contribution in [0.15, 0.2) is 12.1 Å². The third kappa shape index (κ3) is 2.45. The highest BCUT2D eigenvalue weighted by molar-refractivity contribution is 5.19. The molecule has 0 unspecified atom stereocenters. The van der Waals surface area contributed by atoms with Crippen LogP contribution in [0.5, 0.6) is 0 Å². The number of hydrogen-bond donors (Lipinski definition) is 1. The summed E-state index contributed by atoms with van der Waals surface area (Å²) in [5, 5.41) is 8.92. The molecule has 0 aliphatic heterocycles. The standard InChI is InChI=1S/C9H9F3O/c1-5(13)2-6-3-7(10)9(12)8(11)4-6/h3-5,13H,2H2,1H3/t5-/m0/s1. The van der Waals surface area contributed by atoms with E-state index >= 15 is 0 Å². The van der Waals surface area contributed by atoms with Crippen LogP contribution in [-0.2, 0) is 6.42 Å². The molecule has 0 bridgehead atoms. The molecule has 0 aliphatic carbocycles. The minimum Gasteiger partial charge on any atom is -0.393 e. The number of hydrogen-bond acceptors (Lipinski definition) is 1. The Labute approximate surface area is 73.8 Å². The van der Waals surface area contributed by atoms with E-state index in [1.807, 2.05) is 0 Å². The van der Waals surface area contributed by atoms with E-state index in [0.717, 1.165) is 12.1 Å². The van der Waals surface area contributed by atoms with Gasteiger partial charge >= 0.3 is 0 Å². The van der Waals surface area contributed by atoms with Crippen LogP contribution in [0, 0.1) is 17.5 Å². The van der Waals surface area contributed by atoms with Gasteiger partial charge in [0.15, 0.2) is 17.5 Å². The summed E-state index contributed by atoms with van der Waals surface area (Å²) in [5.41, 5.74) is 0.242. The lowest BCUT2D eigenvalue weighted by molar-refractivity contribution is 0.195. The van der Waals surface area contributed by atoms with Crippen LogP contribution in [0.4, 0.5) is 13.2 Å². The van der Waals surface area contributed by atoms with E-state index in [0.29, 0.717) is 0 Å². The first-order valence-electron chi connectivity index (χ1n) is 3.82. The Morgan fingerprint density at radius 2 is 1.69 bits per heavy atom. The SMILES string of the molecule is C[C@H](O)Cc1cc(F)c(F)c(F)c1. The molecule has 1 rings (SSSR count). The molecule has 4 heteroatoms. The zero-order chi connectivity index (χ0) is 10.0. The molecule has 1 atom stereocenters. The van der Waals surface area contributed by atoms with Crippen LogP contribution < -0.4 is 0 Å². The number of benzene rings is 1. The molecule has 13 heavy (non-hydrogen) atoms. The molecule has 0 aromatic heterocycles. The van der Waals surface area contributed by atoms with Gasteiger partial charge in [-0.05, 0) is 31.0 Å². The highest BCUT2D eigenvalue weighted by Crippen LogP contribution is 2.14. The van der Waals surface area contributed by atoms with Gasteiger partial charge in [-0.3, -0.25) is 0 Å². The average Bonchev–Trinajstić information content (AvgIpc) is 1.98. The summed E-state index contributed by atoms with van der Waals surface area (Å²) in [7, 11) is 0. The monoisotopic (exact) mass is 190 g/mol. The lowest BCUT2D eigenvalue weighted by Gasteiger charge is -2.05. The van der Waals surface area contributed by atoms with Crippen molar-refractivity contribution >= 4 is 0 Å². The third-order valence-electron chi connectivity index (χ3n) is 1.57. The molecule has 0 spiro atoms. The van der Waals surface area contributed by atoms with Crippen molar-refractivity contribution in [2.24, 2.45) is 0 Å². The molecule has 1 nitrogen and oxygen atoms in total. The molecule has 0 saturated heterocycles. The van der Waals surface area contributed by atoms with Gasteiger partial charge < -0.3 is 5.11 Å². The molecule has 1 aromatic rings. The second kappa shape index (κ2) is 3.79. The normalized spacial score (nSPS) is 13.0.